The lowest BCUT2D eigenvalue weighted by Crippen LogP contribution is -2.54. The predicted octanol–water partition coefficient (Wildman–Crippen LogP) is 4.19. The number of hydrogen-bond donors (Lipinski definition) is 2. The minimum atomic E-state index is -0.369. The van der Waals surface area contributed by atoms with E-state index in [1.54, 1.807) is 53.4 Å². The number of thiazole rings is 1. The predicted molar refractivity (Wildman–Crippen MR) is 157 cm³/mol. The first kappa shape index (κ1) is 29.3. The van der Waals surface area contributed by atoms with E-state index in [0.717, 1.165) is 11.3 Å². The SMILES string of the molecule is COC/C=C/C(=O)N1CCN(NC(=O)c2nc3c(Nc4ccc(OCc5cccc(F)c5)c(Cl)c4)ncnc3s2)CC1. The van der Waals surface area contributed by atoms with Gasteiger partial charge in [-0.2, -0.15) is 0 Å². The third-order valence-electron chi connectivity index (χ3n) is 6.24. The zero-order chi connectivity index (χ0) is 29.5. The number of hydrogen-bond acceptors (Lipinski definition) is 10. The Morgan fingerprint density at radius 3 is 2.74 bits per heavy atom. The number of nitrogens with zero attached hydrogens (tertiary/aromatic N) is 5. The molecule has 0 spiro atoms. The number of nitrogens with one attached hydrogen (secondary N) is 2. The van der Waals surface area contributed by atoms with Gasteiger partial charge in [0.2, 0.25) is 5.91 Å². The maximum atomic E-state index is 13.4. The van der Waals surface area contributed by atoms with Crippen molar-refractivity contribution >= 4 is 56.6 Å². The van der Waals surface area contributed by atoms with Crippen LogP contribution < -0.4 is 15.5 Å². The molecule has 2 N–H and O–H groups in total. The molecule has 0 aliphatic carbocycles. The van der Waals surface area contributed by atoms with E-state index in [9.17, 15) is 14.0 Å². The van der Waals surface area contributed by atoms with Crippen LogP contribution in [0.2, 0.25) is 5.02 Å². The van der Waals surface area contributed by atoms with Crippen LogP contribution in [0.15, 0.2) is 60.9 Å². The van der Waals surface area contributed by atoms with Crippen LogP contribution in [-0.4, -0.2) is 76.6 Å². The monoisotopic (exact) mass is 611 g/mol. The number of piperazine rings is 1. The summed E-state index contributed by atoms with van der Waals surface area (Å²) in [6, 6.07) is 11.3. The van der Waals surface area contributed by atoms with Crippen LogP contribution in [-0.2, 0) is 16.1 Å². The average molecular weight is 612 g/mol. The number of methoxy groups -OCH3 is 1. The Labute approximate surface area is 249 Å². The summed E-state index contributed by atoms with van der Waals surface area (Å²) in [6.07, 6.45) is 4.56. The van der Waals surface area contributed by atoms with Crippen LogP contribution in [0.3, 0.4) is 0 Å². The van der Waals surface area contributed by atoms with E-state index in [-0.39, 0.29) is 29.2 Å². The summed E-state index contributed by atoms with van der Waals surface area (Å²) in [4.78, 5) is 40.5. The highest BCUT2D eigenvalue weighted by atomic mass is 35.5. The second kappa shape index (κ2) is 13.7. The number of halogens is 2. The fourth-order valence-electron chi connectivity index (χ4n) is 4.14. The maximum Gasteiger partial charge on any atom is 0.294 e. The average Bonchev–Trinajstić information content (AvgIpc) is 3.43. The molecular formula is C28H27ClFN7O4S. The number of carbonyl (C=O) groups is 2. The highest BCUT2D eigenvalue weighted by molar-refractivity contribution is 7.19. The van der Waals surface area contributed by atoms with E-state index in [1.165, 1.54) is 24.5 Å². The molecule has 0 unspecified atom stereocenters. The number of aromatic nitrogens is 3. The van der Waals surface area contributed by atoms with E-state index in [2.05, 4.69) is 25.7 Å². The summed E-state index contributed by atoms with van der Waals surface area (Å²) >= 11 is 7.58. The van der Waals surface area contributed by atoms with Gasteiger partial charge in [0.05, 0.1) is 11.6 Å². The number of fused-ring (bicyclic) bond motifs is 1. The van der Waals surface area contributed by atoms with Crippen molar-refractivity contribution in [3.8, 4) is 5.75 Å². The zero-order valence-electron chi connectivity index (χ0n) is 22.5. The van der Waals surface area contributed by atoms with Gasteiger partial charge in [0.1, 0.15) is 34.8 Å². The summed E-state index contributed by atoms with van der Waals surface area (Å²) in [5.41, 5.74) is 4.61. The molecule has 4 aromatic rings. The van der Waals surface area contributed by atoms with Crippen LogP contribution >= 0.6 is 22.9 Å². The number of rotatable bonds is 10. The van der Waals surface area contributed by atoms with Gasteiger partial charge in [-0.25, -0.2) is 24.4 Å². The standard InChI is InChI=1S/C28H27ClFN7O4S/c1-40-13-3-6-23(38)36-9-11-37(12-10-36)35-26(39)28-34-24-25(31-17-32-27(24)42-28)33-20-7-8-22(21(29)15-20)41-16-18-4-2-5-19(30)14-18/h2-8,14-15,17H,9-13,16H2,1H3,(H,35,39)(H,31,32,33)/b6-3+. The van der Waals surface area contributed by atoms with Crippen molar-refractivity contribution in [2.45, 2.75) is 6.61 Å². The van der Waals surface area contributed by atoms with E-state index in [0.29, 0.717) is 71.0 Å². The highest BCUT2D eigenvalue weighted by Gasteiger charge is 2.23. The van der Waals surface area contributed by atoms with Crippen LogP contribution in [0.5, 0.6) is 5.75 Å². The van der Waals surface area contributed by atoms with Gasteiger partial charge in [0, 0.05) is 45.1 Å². The third-order valence-corrected chi connectivity index (χ3v) is 7.50. The Bertz CT molecular complexity index is 1610. The van der Waals surface area contributed by atoms with Crippen LogP contribution in [0.4, 0.5) is 15.9 Å². The number of hydrazine groups is 1. The molecule has 2 aromatic carbocycles. The van der Waals surface area contributed by atoms with Crippen LogP contribution in [0.1, 0.15) is 15.4 Å². The molecule has 5 rings (SSSR count). The van der Waals surface area contributed by atoms with Crippen molar-refractivity contribution in [1.82, 2.24) is 30.3 Å². The van der Waals surface area contributed by atoms with Gasteiger partial charge in [0.15, 0.2) is 10.8 Å². The first-order chi connectivity index (χ1) is 20.4. The first-order valence-electron chi connectivity index (χ1n) is 13.0. The number of carbonyl (C=O) groups excluding carboxylic acids is 2. The summed E-state index contributed by atoms with van der Waals surface area (Å²) in [5.74, 6) is 0.0637. The second-order valence-corrected chi connectivity index (χ2v) is 10.6. The molecule has 218 valence electrons. The van der Waals surface area contributed by atoms with Gasteiger partial charge in [-0.05, 0) is 35.9 Å². The molecule has 1 aliphatic rings. The molecule has 2 amide bonds. The molecule has 3 heterocycles. The topological polar surface area (TPSA) is 122 Å². The van der Waals surface area contributed by atoms with E-state index in [1.807, 2.05) is 0 Å². The molecule has 14 heteroatoms. The van der Waals surface area contributed by atoms with E-state index >= 15 is 0 Å². The lowest BCUT2D eigenvalue weighted by molar-refractivity contribution is -0.128. The molecule has 42 heavy (non-hydrogen) atoms. The van der Waals surface area contributed by atoms with Gasteiger partial charge in [-0.1, -0.05) is 41.1 Å². The molecule has 0 atom stereocenters. The molecule has 0 radical (unpaired) electrons. The summed E-state index contributed by atoms with van der Waals surface area (Å²) < 4.78 is 24.1. The van der Waals surface area contributed by atoms with Gasteiger partial charge < -0.3 is 19.7 Å². The van der Waals surface area contributed by atoms with E-state index in [4.69, 9.17) is 21.1 Å². The number of ether oxygens (including phenoxy) is 2. The zero-order valence-corrected chi connectivity index (χ0v) is 24.1. The summed E-state index contributed by atoms with van der Waals surface area (Å²) in [5, 5.41) is 5.52. The normalized spacial score (nSPS) is 13.9. The molecule has 0 bridgehead atoms. The van der Waals surface area contributed by atoms with Gasteiger partial charge >= 0.3 is 0 Å². The summed E-state index contributed by atoms with van der Waals surface area (Å²) in [7, 11) is 1.57. The largest absolute Gasteiger partial charge is 0.487 e. The third kappa shape index (κ3) is 7.36. The van der Waals surface area contributed by atoms with Gasteiger partial charge in [0.25, 0.3) is 5.91 Å². The Kier molecular flexibility index (Phi) is 9.54. The van der Waals surface area contributed by atoms with Crippen molar-refractivity contribution in [1.29, 1.82) is 0 Å². The second-order valence-electron chi connectivity index (χ2n) is 9.19. The first-order valence-corrected chi connectivity index (χ1v) is 14.1. The Hall–Kier alpha value is -4.17. The minimum Gasteiger partial charge on any atom is -0.487 e. The number of anilines is 2. The van der Waals surface area contributed by atoms with Crippen molar-refractivity contribution in [2.24, 2.45) is 0 Å². The lowest BCUT2D eigenvalue weighted by Gasteiger charge is -2.33. The Balaban J connectivity index is 1.20. The number of amides is 2. The molecule has 2 aromatic heterocycles. The molecule has 1 fully saturated rings. The van der Waals surface area contributed by atoms with Crippen molar-refractivity contribution in [3.63, 3.8) is 0 Å². The van der Waals surface area contributed by atoms with Crippen LogP contribution in [0.25, 0.3) is 10.3 Å². The van der Waals surface area contributed by atoms with Gasteiger partial charge in [-0.15, -0.1) is 0 Å². The van der Waals surface area contributed by atoms with E-state index < -0.39 is 0 Å². The van der Waals surface area contributed by atoms with Crippen LogP contribution in [0, 0.1) is 5.82 Å². The number of benzene rings is 2. The minimum absolute atomic E-state index is 0.0878. The highest BCUT2D eigenvalue weighted by Crippen LogP contribution is 2.32. The van der Waals surface area contributed by atoms with Gasteiger partial charge in [-0.3, -0.25) is 15.0 Å². The molecule has 0 saturated carbocycles. The molecule has 1 aliphatic heterocycles. The quantitative estimate of drug-likeness (QED) is 0.254. The molecule has 1 saturated heterocycles. The summed E-state index contributed by atoms with van der Waals surface area (Å²) in [6.45, 7) is 2.46. The van der Waals surface area contributed by atoms with Crippen molar-refractivity contribution in [3.05, 3.63) is 82.4 Å². The Morgan fingerprint density at radius 2 is 1.98 bits per heavy atom. The Morgan fingerprint density at radius 1 is 1.14 bits per heavy atom. The maximum absolute atomic E-state index is 13.4. The molecular weight excluding hydrogens is 585 g/mol. The van der Waals surface area contributed by atoms with Crippen molar-refractivity contribution < 1.29 is 23.5 Å². The fourth-order valence-corrected chi connectivity index (χ4v) is 5.18. The fraction of sp³-hybridized carbons (Fsp3) is 0.250. The smallest absolute Gasteiger partial charge is 0.294 e. The lowest BCUT2D eigenvalue weighted by atomic mass is 10.2. The molecule has 11 nitrogen and oxygen atoms in total. The van der Waals surface area contributed by atoms with Crippen molar-refractivity contribution in [2.75, 3.05) is 45.2 Å².